The lowest BCUT2D eigenvalue weighted by molar-refractivity contribution is -0.138. The second-order valence-corrected chi connectivity index (χ2v) is 6.37. The molecule has 0 radical (unpaired) electrons. The van der Waals surface area contributed by atoms with Gasteiger partial charge in [-0.05, 0) is 37.2 Å². The van der Waals surface area contributed by atoms with E-state index in [2.05, 4.69) is 5.32 Å². The number of phenolic OH excluding ortho intramolecular Hbond substituents is 1. The average Bonchev–Trinajstić information content (AvgIpc) is 2.52. The smallest absolute Gasteiger partial charge is 0.254 e. The maximum Gasteiger partial charge on any atom is 0.254 e. The molecular formula is C17H24ClN3O3. The van der Waals surface area contributed by atoms with E-state index in [1.807, 2.05) is 11.8 Å². The van der Waals surface area contributed by atoms with Gasteiger partial charge < -0.3 is 20.2 Å². The first kappa shape index (κ1) is 18.5. The Balaban J connectivity index is 0.00000208. The van der Waals surface area contributed by atoms with E-state index in [9.17, 15) is 14.7 Å². The highest BCUT2D eigenvalue weighted by Gasteiger charge is 2.33. The number of amides is 2. The molecule has 6 nitrogen and oxygen atoms in total. The lowest BCUT2D eigenvalue weighted by Crippen LogP contribution is -2.55. The summed E-state index contributed by atoms with van der Waals surface area (Å²) in [5, 5.41) is 12.7. The van der Waals surface area contributed by atoms with Crippen LogP contribution in [0.25, 0.3) is 0 Å². The SMILES string of the molecule is CC(C(=O)N1CCN(C(=O)c2cccc(O)c2)CC1)C1CNC1.Cl. The van der Waals surface area contributed by atoms with Gasteiger partial charge >= 0.3 is 0 Å². The summed E-state index contributed by atoms with van der Waals surface area (Å²) in [4.78, 5) is 28.5. The van der Waals surface area contributed by atoms with E-state index in [0.717, 1.165) is 13.1 Å². The minimum atomic E-state index is -0.0933. The Morgan fingerprint density at radius 1 is 1.17 bits per heavy atom. The summed E-state index contributed by atoms with van der Waals surface area (Å²) in [6.45, 7) is 6.07. The maximum absolute atomic E-state index is 12.5. The van der Waals surface area contributed by atoms with Crippen molar-refractivity contribution in [2.24, 2.45) is 11.8 Å². The molecule has 0 aromatic heterocycles. The minimum absolute atomic E-state index is 0. The van der Waals surface area contributed by atoms with Gasteiger partial charge in [0.2, 0.25) is 5.91 Å². The fourth-order valence-electron chi connectivity index (χ4n) is 3.11. The summed E-state index contributed by atoms with van der Waals surface area (Å²) in [6.07, 6.45) is 0. The molecule has 0 aliphatic carbocycles. The van der Waals surface area contributed by atoms with E-state index in [1.54, 1.807) is 23.1 Å². The Labute approximate surface area is 148 Å². The van der Waals surface area contributed by atoms with Gasteiger partial charge in [-0.15, -0.1) is 12.4 Å². The van der Waals surface area contributed by atoms with E-state index in [0.29, 0.717) is 37.7 Å². The van der Waals surface area contributed by atoms with Crippen molar-refractivity contribution in [2.75, 3.05) is 39.3 Å². The lowest BCUT2D eigenvalue weighted by atomic mass is 9.88. The number of rotatable bonds is 3. The second kappa shape index (κ2) is 7.85. The zero-order valence-corrected chi connectivity index (χ0v) is 14.6. The van der Waals surface area contributed by atoms with E-state index in [-0.39, 0.29) is 35.9 Å². The maximum atomic E-state index is 12.5. The summed E-state index contributed by atoms with van der Waals surface area (Å²) >= 11 is 0. The van der Waals surface area contributed by atoms with E-state index >= 15 is 0 Å². The molecule has 3 rings (SSSR count). The van der Waals surface area contributed by atoms with Crippen molar-refractivity contribution in [3.8, 4) is 5.75 Å². The molecule has 7 heteroatoms. The van der Waals surface area contributed by atoms with Gasteiger partial charge in [-0.25, -0.2) is 0 Å². The van der Waals surface area contributed by atoms with Crippen molar-refractivity contribution < 1.29 is 14.7 Å². The summed E-state index contributed by atoms with van der Waals surface area (Å²) in [5.74, 6) is 0.678. The first-order chi connectivity index (χ1) is 11.1. The van der Waals surface area contributed by atoms with Crippen LogP contribution in [0, 0.1) is 11.8 Å². The Morgan fingerprint density at radius 2 is 1.79 bits per heavy atom. The van der Waals surface area contributed by atoms with Crippen LogP contribution in [0.3, 0.4) is 0 Å². The number of carbonyl (C=O) groups excluding carboxylic acids is 2. The molecule has 0 spiro atoms. The van der Waals surface area contributed by atoms with Gasteiger partial charge in [-0.1, -0.05) is 13.0 Å². The first-order valence-corrected chi connectivity index (χ1v) is 8.14. The highest BCUT2D eigenvalue weighted by Crippen LogP contribution is 2.20. The number of aromatic hydroxyl groups is 1. The molecule has 0 saturated carbocycles. The average molecular weight is 354 g/mol. The standard InChI is InChI=1S/C17H23N3O3.ClH/c1-12(14-10-18-11-14)16(22)19-5-7-20(8-6-19)17(23)13-3-2-4-15(21)9-13;/h2-4,9,12,14,18,21H,5-8,10-11H2,1H3;1H. The number of phenols is 1. The fraction of sp³-hybridized carbons (Fsp3) is 0.529. The topological polar surface area (TPSA) is 72.9 Å². The quantitative estimate of drug-likeness (QED) is 0.848. The highest BCUT2D eigenvalue weighted by molar-refractivity contribution is 5.94. The summed E-state index contributed by atoms with van der Waals surface area (Å²) in [7, 11) is 0. The van der Waals surface area contributed by atoms with Crippen LogP contribution in [-0.4, -0.2) is 66.0 Å². The van der Waals surface area contributed by atoms with Crippen LogP contribution < -0.4 is 5.32 Å². The molecule has 132 valence electrons. The van der Waals surface area contributed by atoms with Crippen molar-refractivity contribution in [1.29, 1.82) is 0 Å². The highest BCUT2D eigenvalue weighted by atomic mass is 35.5. The molecule has 1 aromatic rings. The molecule has 2 saturated heterocycles. The van der Waals surface area contributed by atoms with Crippen molar-refractivity contribution in [1.82, 2.24) is 15.1 Å². The van der Waals surface area contributed by atoms with E-state index in [4.69, 9.17) is 0 Å². The molecule has 1 atom stereocenters. The van der Waals surface area contributed by atoms with E-state index in [1.165, 1.54) is 6.07 Å². The van der Waals surface area contributed by atoms with Gasteiger partial charge in [0, 0.05) is 37.7 Å². The molecule has 0 bridgehead atoms. The van der Waals surface area contributed by atoms with Gasteiger partial charge in [0.25, 0.3) is 5.91 Å². The summed E-state index contributed by atoms with van der Waals surface area (Å²) in [5.41, 5.74) is 0.485. The Morgan fingerprint density at radius 3 is 2.33 bits per heavy atom. The second-order valence-electron chi connectivity index (χ2n) is 6.37. The monoisotopic (exact) mass is 353 g/mol. The molecule has 2 N–H and O–H groups in total. The van der Waals surface area contributed by atoms with Crippen LogP contribution in [0.2, 0.25) is 0 Å². The van der Waals surface area contributed by atoms with Gasteiger partial charge in [0.1, 0.15) is 5.75 Å². The normalized spacial score (nSPS) is 19.2. The number of hydrogen-bond acceptors (Lipinski definition) is 4. The summed E-state index contributed by atoms with van der Waals surface area (Å²) in [6, 6.07) is 6.39. The van der Waals surface area contributed by atoms with Crippen molar-refractivity contribution >= 4 is 24.2 Å². The Bertz CT molecular complexity index is 598. The predicted molar refractivity (Wildman–Crippen MR) is 93.4 cm³/mol. The molecule has 2 heterocycles. The van der Waals surface area contributed by atoms with Gasteiger partial charge in [0.05, 0.1) is 0 Å². The minimum Gasteiger partial charge on any atom is -0.508 e. The number of hydrogen-bond donors (Lipinski definition) is 2. The van der Waals surface area contributed by atoms with Crippen molar-refractivity contribution in [2.45, 2.75) is 6.92 Å². The number of nitrogens with one attached hydrogen (secondary N) is 1. The molecule has 2 fully saturated rings. The fourth-order valence-corrected chi connectivity index (χ4v) is 3.11. The van der Waals surface area contributed by atoms with Crippen molar-refractivity contribution in [3.05, 3.63) is 29.8 Å². The van der Waals surface area contributed by atoms with Crippen LogP contribution in [0.1, 0.15) is 17.3 Å². The molecule has 2 amide bonds. The Kier molecular flexibility index (Phi) is 6.07. The van der Waals surface area contributed by atoms with Gasteiger partial charge in [-0.3, -0.25) is 9.59 Å². The largest absolute Gasteiger partial charge is 0.508 e. The number of piperazine rings is 1. The van der Waals surface area contributed by atoms with Crippen LogP contribution in [0.15, 0.2) is 24.3 Å². The van der Waals surface area contributed by atoms with Gasteiger partial charge in [-0.2, -0.15) is 0 Å². The number of nitrogens with zero attached hydrogens (tertiary/aromatic N) is 2. The lowest BCUT2D eigenvalue weighted by Gasteiger charge is -2.39. The first-order valence-electron chi connectivity index (χ1n) is 8.14. The molecular weight excluding hydrogens is 330 g/mol. The van der Waals surface area contributed by atoms with Crippen molar-refractivity contribution in [3.63, 3.8) is 0 Å². The predicted octanol–water partition coefficient (Wildman–Crippen LogP) is 0.954. The Hall–Kier alpha value is -1.79. The molecule has 24 heavy (non-hydrogen) atoms. The van der Waals surface area contributed by atoms with E-state index < -0.39 is 0 Å². The summed E-state index contributed by atoms with van der Waals surface area (Å²) < 4.78 is 0. The van der Waals surface area contributed by atoms with Crippen LogP contribution in [-0.2, 0) is 4.79 Å². The van der Waals surface area contributed by atoms with Crippen LogP contribution in [0.5, 0.6) is 5.75 Å². The molecule has 1 aromatic carbocycles. The third-order valence-electron chi connectivity index (χ3n) is 4.88. The number of halogens is 1. The zero-order chi connectivity index (χ0) is 16.4. The molecule has 1 unspecified atom stereocenters. The third-order valence-corrected chi connectivity index (χ3v) is 4.88. The molecule has 2 aliphatic rings. The van der Waals surface area contributed by atoms with Crippen LogP contribution in [0.4, 0.5) is 0 Å². The number of benzene rings is 1. The zero-order valence-electron chi connectivity index (χ0n) is 13.8. The van der Waals surface area contributed by atoms with Gasteiger partial charge in [0.15, 0.2) is 0 Å². The molecule has 2 aliphatic heterocycles. The van der Waals surface area contributed by atoms with Crippen LogP contribution >= 0.6 is 12.4 Å². The third kappa shape index (κ3) is 3.82. The number of carbonyl (C=O) groups is 2.